The second kappa shape index (κ2) is 9.08. The lowest BCUT2D eigenvalue weighted by atomic mass is 10.1. The molecule has 0 bridgehead atoms. The predicted molar refractivity (Wildman–Crippen MR) is 87.9 cm³/mol. The van der Waals surface area contributed by atoms with E-state index in [1.807, 2.05) is 55.5 Å². The average Bonchev–Trinajstić information content (AvgIpc) is 2.62. The lowest BCUT2D eigenvalue weighted by molar-refractivity contribution is -0.132. The minimum Gasteiger partial charge on any atom is -0.457 e. The van der Waals surface area contributed by atoms with Crippen LogP contribution in [0, 0.1) is 0 Å². The zero-order chi connectivity index (χ0) is 16.5. The van der Waals surface area contributed by atoms with E-state index in [-0.39, 0.29) is 18.9 Å². The zero-order valence-electron chi connectivity index (χ0n) is 13.5. The van der Waals surface area contributed by atoms with Crippen molar-refractivity contribution in [3.05, 3.63) is 71.3 Å². The number of methoxy groups -OCH3 is 1. The van der Waals surface area contributed by atoms with Crippen LogP contribution in [0.1, 0.15) is 34.8 Å². The summed E-state index contributed by atoms with van der Waals surface area (Å²) >= 11 is 0. The van der Waals surface area contributed by atoms with E-state index in [1.54, 1.807) is 13.2 Å². The molecular formula is C19H22O4. The first-order chi connectivity index (χ1) is 11.2. The van der Waals surface area contributed by atoms with Crippen LogP contribution in [-0.4, -0.2) is 19.4 Å². The highest BCUT2D eigenvalue weighted by Crippen LogP contribution is 2.14. The van der Waals surface area contributed by atoms with Gasteiger partial charge in [-0.15, -0.1) is 0 Å². The predicted octanol–water partition coefficient (Wildman–Crippen LogP) is 3.94. The molecular weight excluding hydrogens is 292 g/mol. The van der Waals surface area contributed by atoms with Crippen molar-refractivity contribution in [1.29, 1.82) is 0 Å². The Morgan fingerprint density at radius 3 is 2.39 bits per heavy atom. The smallest absolute Gasteiger partial charge is 0.338 e. The van der Waals surface area contributed by atoms with Gasteiger partial charge < -0.3 is 14.2 Å². The standard InChI is InChI=1S/C19H22O4/c1-3-18(21-2)22-14-16-11-7-8-12-17(16)19(20)23-13-15-9-5-4-6-10-15/h4-12,18H,3,13-14H2,1-2H3/t18-/m0/s1. The van der Waals surface area contributed by atoms with Crippen molar-refractivity contribution in [2.24, 2.45) is 0 Å². The molecule has 2 rings (SSSR count). The van der Waals surface area contributed by atoms with Crippen LogP contribution in [0.3, 0.4) is 0 Å². The maximum atomic E-state index is 12.3. The number of carbonyl (C=O) groups is 1. The molecule has 1 atom stereocenters. The van der Waals surface area contributed by atoms with E-state index in [0.29, 0.717) is 12.2 Å². The third kappa shape index (κ3) is 5.20. The summed E-state index contributed by atoms with van der Waals surface area (Å²) < 4.78 is 16.2. The first-order valence-corrected chi connectivity index (χ1v) is 7.68. The van der Waals surface area contributed by atoms with Crippen LogP contribution in [0.4, 0.5) is 0 Å². The molecule has 0 spiro atoms. The Morgan fingerprint density at radius 2 is 1.70 bits per heavy atom. The summed E-state index contributed by atoms with van der Waals surface area (Å²) in [6.45, 7) is 2.54. The van der Waals surface area contributed by atoms with E-state index in [4.69, 9.17) is 14.2 Å². The van der Waals surface area contributed by atoms with Gasteiger partial charge in [0, 0.05) is 7.11 Å². The van der Waals surface area contributed by atoms with Gasteiger partial charge in [0.25, 0.3) is 0 Å². The largest absolute Gasteiger partial charge is 0.457 e. The van der Waals surface area contributed by atoms with Crippen molar-refractivity contribution < 1.29 is 19.0 Å². The number of hydrogen-bond acceptors (Lipinski definition) is 4. The Balaban J connectivity index is 1.99. The molecule has 23 heavy (non-hydrogen) atoms. The van der Waals surface area contributed by atoms with Crippen LogP contribution in [0.5, 0.6) is 0 Å². The zero-order valence-corrected chi connectivity index (χ0v) is 13.5. The van der Waals surface area contributed by atoms with E-state index in [0.717, 1.165) is 17.5 Å². The number of esters is 1. The molecule has 0 aliphatic rings. The second-order valence-electron chi connectivity index (χ2n) is 5.10. The molecule has 0 aliphatic carbocycles. The maximum absolute atomic E-state index is 12.3. The molecule has 2 aromatic rings. The van der Waals surface area contributed by atoms with Crippen molar-refractivity contribution in [2.45, 2.75) is 32.8 Å². The topological polar surface area (TPSA) is 44.8 Å². The van der Waals surface area contributed by atoms with Gasteiger partial charge >= 0.3 is 5.97 Å². The SMILES string of the molecule is CC[C@@H](OC)OCc1ccccc1C(=O)OCc1ccccc1. The van der Waals surface area contributed by atoms with Crippen molar-refractivity contribution in [3.63, 3.8) is 0 Å². The molecule has 0 saturated carbocycles. The number of hydrogen-bond donors (Lipinski definition) is 0. The Labute approximate surface area is 137 Å². The molecule has 0 unspecified atom stereocenters. The molecule has 0 saturated heterocycles. The fourth-order valence-electron chi connectivity index (χ4n) is 2.18. The van der Waals surface area contributed by atoms with Crippen molar-refractivity contribution >= 4 is 5.97 Å². The summed E-state index contributed by atoms with van der Waals surface area (Å²) in [6.07, 6.45) is 0.473. The van der Waals surface area contributed by atoms with Gasteiger partial charge in [0.05, 0.1) is 12.2 Å². The van der Waals surface area contributed by atoms with Crippen LogP contribution >= 0.6 is 0 Å². The highest BCUT2D eigenvalue weighted by molar-refractivity contribution is 5.91. The van der Waals surface area contributed by atoms with Gasteiger partial charge in [0.2, 0.25) is 0 Å². The van der Waals surface area contributed by atoms with Crippen LogP contribution in [0.25, 0.3) is 0 Å². The number of benzene rings is 2. The third-order valence-corrected chi connectivity index (χ3v) is 3.47. The molecule has 0 aromatic heterocycles. The first-order valence-electron chi connectivity index (χ1n) is 7.68. The monoisotopic (exact) mass is 314 g/mol. The van der Waals surface area contributed by atoms with Gasteiger partial charge in [-0.3, -0.25) is 0 Å². The fourth-order valence-corrected chi connectivity index (χ4v) is 2.18. The molecule has 0 fully saturated rings. The van der Waals surface area contributed by atoms with E-state index < -0.39 is 0 Å². The highest BCUT2D eigenvalue weighted by atomic mass is 16.7. The van der Waals surface area contributed by atoms with Gasteiger partial charge in [-0.2, -0.15) is 0 Å². The van der Waals surface area contributed by atoms with Crippen LogP contribution in [-0.2, 0) is 27.4 Å². The number of carbonyl (C=O) groups excluding carboxylic acids is 1. The van der Waals surface area contributed by atoms with Gasteiger partial charge in [-0.1, -0.05) is 55.5 Å². The molecule has 4 heteroatoms. The quantitative estimate of drug-likeness (QED) is 0.547. The van der Waals surface area contributed by atoms with Crippen molar-refractivity contribution in [1.82, 2.24) is 0 Å². The second-order valence-corrected chi connectivity index (χ2v) is 5.10. The summed E-state index contributed by atoms with van der Waals surface area (Å²) in [7, 11) is 1.61. The van der Waals surface area contributed by atoms with Gasteiger partial charge in [-0.25, -0.2) is 4.79 Å². The normalized spacial score (nSPS) is 11.9. The van der Waals surface area contributed by atoms with E-state index in [1.165, 1.54) is 0 Å². The highest BCUT2D eigenvalue weighted by Gasteiger charge is 2.14. The van der Waals surface area contributed by atoms with Crippen LogP contribution < -0.4 is 0 Å². The Kier molecular flexibility index (Phi) is 6.78. The summed E-state index contributed by atoms with van der Waals surface area (Å²) in [6, 6.07) is 16.9. The molecule has 4 nitrogen and oxygen atoms in total. The average molecular weight is 314 g/mol. The summed E-state index contributed by atoms with van der Waals surface area (Å²) in [5, 5.41) is 0. The molecule has 2 aromatic carbocycles. The van der Waals surface area contributed by atoms with Crippen molar-refractivity contribution in [3.8, 4) is 0 Å². The maximum Gasteiger partial charge on any atom is 0.338 e. The lowest BCUT2D eigenvalue weighted by Gasteiger charge is -2.15. The molecule has 0 radical (unpaired) electrons. The van der Waals surface area contributed by atoms with Crippen LogP contribution in [0.15, 0.2) is 54.6 Å². The first kappa shape index (κ1) is 17.2. The van der Waals surface area contributed by atoms with E-state index in [2.05, 4.69) is 0 Å². The Hall–Kier alpha value is -2.17. The van der Waals surface area contributed by atoms with Crippen molar-refractivity contribution in [2.75, 3.05) is 7.11 Å². The van der Waals surface area contributed by atoms with Gasteiger partial charge in [0.1, 0.15) is 6.61 Å². The van der Waals surface area contributed by atoms with Crippen LogP contribution in [0.2, 0.25) is 0 Å². The third-order valence-electron chi connectivity index (χ3n) is 3.47. The lowest BCUT2D eigenvalue weighted by Crippen LogP contribution is -2.15. The molecule has 0 aliphatic heterocycles. The summed E-state index contributed by atoms with van der Waals surface area (Å²) in [5.74, 6) is -0.349. The summed E-state index contributed by atoms with van der Waals surface area (Å²) in [4.78, 5) is 12.3. The molecule has 122 valence electrons. The van der Waals surface area contributed by atoms with E-state index in [9.17, 15) is 4.79 Å². The molecule has 0 N–H and O–H groups in total. The number of rotatable bonds is 8. The molecule has 0 amide bonds. The minimum atomic E-state index is -0.349. The Bertz CT molecular complexity index is 606. The minimum absolute atomic E-state index is 0.254. The van der Waals surface area contributed by atoms with Gasteiger partial charge in [0.15, 0.2) is 6.29 Å². The number of ether oxygens (including phenoxy) is 3. The Morgan fingerprint density at radius 1 is 1.00 bits per heavy atom. The summed E-state index contributed by atoms with van der Waals surface area (Å²) in [5.41, 5.74) is 2.27. The van der Waals surface area contributed by atoms with Gasteiger partial charge in [-0.05, 0) is 23.6 Å². The molecule has 0 heterocycles. The van der Waals surface area contributed by atoms with E-state index >= 15 is 0 Å². The fraction of sp³-hybridized carbons (Fsp3) is 0.316.